The summed E-state index contributed by atoms with van der Waals surface area (Å²) in [5.41, 5.74) is 2.68. The number of amides is 2. The van der Waals surface area contributed by atoms with Crippen molar-refractivity contribution in [1.29, 1.82) is 0 Å². The molecule has 0 aliphatic carbocycles. The van der Waals surface area contributed by atoms with Gasteiger partial charge in [-0.05, 0) is 24.0 Å². The van der Waals surface area contributed by atoms with Crippen molar-refractivity contribution in [2.45, 2.75) is 32.7 Å². The number of carbonyl (C=O) groups excluding carboxylic acids is 1. The van der Waals surface area contributed by atoms with E-state index in [1.807, 2.05) is 22.9 Å². The van der Waals surface area contributed by atoms with Crippen LogP contribution in [0.3, 0.4) is 0 Å². The van der Waals surface area contributed by atoms with E-state index in [1.165, 1.54) is 11.1 Å². The lowest BCUT2D eigenvalue weighted by atomic mass is 10.0. The van der Waals surface area contributed by atoms with Gasteiger partial charge in [-0.15, -0.1) is 0 Å². The van der Waals surface area contributed by atoms with E-state index in [2.05, 4.69) is 25.1 Å². The van der Waals surface area contributed by atoms with Gasteiger partial charge in [0.25, 0.3) is 0 Å². The molecule has 1 aromatic rings. The summed E-state index contributed by atoms with van der Waals surface area (Å²) in [4.78, 5) is 16.1. The van der Waals surface area contributed by atoms with Crippen LogP contribution in [-0.2, 0) is 13.0 Å². The van der Waals surface area contributed by atoms with Crippen LogP contribution in [0.5, 0.6) is 0 Å². The molecule has 0 aromatic heterocycles. The van der Waals surface area contributed by atoms with Crippen LogP contribution in [0.15, 0.2) is 24.3 Å². The van der Waals surface area contributed by atoms with Gasteiger partial charge in [-0.3, -0.25) is 0 Å². The molecule has 18 heavy (non-hydrogen) atoms. The van der Waals surface area contributed by atoms with Crippen molar-refractivity contribution in [1.82, 2.24) is 9.80 Å². The first-order valence-electron chi connectivity index (χ1n) is 6.79. The first-order chi connectivity index (χ1) is 8.72. The predicted molar refractivity (Wildman–Crippen MR) is 73.5 cm³/mol. The van der Waals surface area contributed by atoms with Crippen LogP contribution in [-0.4, -0.2) is 36.0 Å². The van der Waals surface area contributed by atoms with Crippen LogP contribution in [0, 0.1) is 0 Å². The van der Waals surface area contributed by atoms with Gasteiger partial charge in [-0.1, -0.05) is 37.6 Å². The number of fused-ring (bicyclic) bond motifs is 1. The van der Waals surface area contributed by atoms with E-state index in [4.69, 9.17) is 0 Å². The first kappa shape index (κ1) is 12.9. The third-order valence-electron chi connectivity index (χ3n) is 3.57. The Kier molecular flexibility index (Phi) is 4.24. The Balaban J connectivity index is 1.98. The lowest BCUT2D eigenvalue weighted by Gasteiger charge is -2.32. The Morgan fingerprint density at radius 3 is 2.78 bits per heavy atom. The minimum atomic E-state index is 0.165. The highest BCUT2D eigenvalue weighted by molar-refractivity contribution is 5.74. The van der Waals surface area contributed by atoms with Crippen LogP contribution < -0.4 is 0 Å². The van der Waals surface area contributed by atoms with E-state index in [9.17, 15) is 4.79 Å². The number of benzene rings is 1. The number of hydrogen-bond acceptors (Lipinski definition) is 1. The van der Waals surface area contributed by atoms with Crippen molar-refractivity contribution in [2.24, 2.45) is 0 Å². The van der Waals surface area contributed by atoms with Crippen molar-refractivity contribution in [3.63, 3.8) is 0 Å². The number of unbranched alkanes of at least 4 members (excludes halogenated alkanes) is 1. The van der Waals surface area contributed by atoms with Crippen LogP contribution in [0.1, 0.15) is 30.9 Å². The van der Waals surface area contributed by atoms with Crippen molar-refractivity contribution in [3.8, 4) is 0 Å². The van der Waals surface area contributed by atoms with E-state index in [0.717, 1.165) is 38.9 Å². The molecule has 1 heterocycles. The Hall–Kier alpha value is -1.51. The molecule has 0 spiro atoms. The Morgan fingerprint density at radius 1 is 1.33 bits per heavy atom. The van der Waals surface area contributed by atoms with Gasteiger partial charge in [-0.2, -0.15) is 0 Å². The largest absolute Gasteiger partial charge is 0.328 e. The van der Waals surface area contributed by atoms with E-state index >= 15 is 0 Å². The maximum atomic E-state index is 12.3. The second-order valence-electron chi connectivity index (χ2n) is 5.00. The maximum absolute atomic E-state index is 12.3. The smallest absolute Gasteiger partial charge is 0.320 e. The summed E-state index contributed by atoms with van der Waals surface area (Å²) in [6, 6.07) is 8.58. The van der Waals surface area contributed by atoms with Crippen LogP contribution >= 0.6 is 0 Å². The molecule has 2 rings (SSSR count). The van der Waals surface area contributed by atoms with Gasteiger partial charge < -0.3 is 9.80 Å². The number of carbonyl (C=O) groups is 1. The third kappa shape index (κ3) is 2.84. The molecular formula is C15H22N2O. The predicted octanol–water partition coefficient (Wildman–Crippen LogP) is 2.90. The average Bonchev–Trinajstić information content (AvgIpc) is 2.43. The van der Waals surface area contributed by atoms with Crippen molar-refractivity contribution < 1.29 is 4.79 Å². The highest BCUT2D eigenvalue weighted by Crippen LogP contribution is 2.19. The van der Waals surface area contributed by atoms with Crippen LogP contribution in [0.4, 0.5) is 4.79 Å². The Labute approximate surface area is 109 Å². The van der Waals surface area contributed by atoms with Gasteiger partial charge in [-0.25, -0.2) is 4.79 Å². The maximum Gasteiger partial charge on any atom is 0.320 e. The molecule has 1 aromatic carbocycles. The monoisotopic (exact) mass is 246 g/mol. The van der Waals surface area contributed by atoms with Gasteiger partial charge in [0, 0.05) is 26.7 Å². The molecule has 3 nitrogen and oxygen atoms in total. The van der Waals surface area contributed by atoms with Crippen LogP contribution in [0.2, 0.25) is 0 Å². The summed E-state index contributed by atoms with van der Waals surface area (Å²) in [6.07, 6.45) is 3.18. The number of nitrogens with zero attached hydrogens (tertiary/aromatic N) is 2. The topological polar surface area (TPSA) is 23.6 Å². The molecule has 0 atom stereocenters. The van der Waals surface area contributed by atoms with E-state index in [0.29, 0.717) is 0 Å². The summed E-state index contributed by atoms with van der Waals surface area (Å²) < 4.78 is 0. The standard InChI is InChI=1S/C15H22N2O/c1-3-4-10-16(2)15(18)17-11-9-13-7-5-6-8-14(13)12-17/h5-8H,3-4,9-12H2,1-2H3. The molecule has 3 heteroatoms. The molecule has 0 saturated heterocycles. The second kappa shape index (κ2) is 5.89. The molecule has 0 fully saturated rings. The highest BCUT2D eigenvalue weighted by atomic mass is 16.2. The van der Waals surface area contributed by atoms with Gasteiger partial charge in [0.15, 0.2) is 0 Å². The molecule has 1 aliphatic heterocycles. The molecular weight excluding hydrogens is 224 g/mol. The minimum Gasteiger partial charge on any atom is -0.328 e. The lowest BCUT2D eigenvalue weighted by molar-refractivity contribution is 0.157. The van der Waals surface area contributed by atoms with E-state index in [1.54, 1.807) is 0 Å². The average molecular weight is 246 g/mol. The fraction of sp³-hybridized carbons (Fsp3) is 0.533. The zero-order chi connectivity index (χ0) is 13.0. The SMILES string of the molecule is CCCCN(C)C(=O)N1CCc2ccccc2C1. The van der Waals surface area contributed by atoms with Crippen molar-refractivity contribution in [2.75, 3.05) is 20.1 Å². The van der Waals surface area contributed by atoms with Crippen molar-refractivity contribution >= 4 is 6.03 Å². The summed E-state index contributed by atoms with van der Waals surface area (Å²) >= 11 is 0. The molecule has 1 aliphatic rings. The first-order valence-corrected chi connectivity index (χ1v) is 6.79. The van der Waals surface area contributed by atoms with Crippen LogP contribution in [0.25, 0.3) is 0 Å². The zero-order valence-electron chi connectivity index (χ0n) is 11.4. The molecule has 2 amide bonds. The van der Waals surface area contributed by atoms with Gasteiger partial charge in [0.2, 0.25) is 0 Å². The molecule has 0 radical (unpaired) electrons. The quantitative estimate of drug-likeness (QED) is 0.804. The normalized spacial score (nSPS) is 14.2. The fourth-order valence-corrected chi connectivity index (χ4v) is 2.39. The van der Waals surface area contributed by atoms with Gasteiger partial charge in [0.1, 0.15) is 0 Å². The number of urea groups is 1. The highest BCUT2D eigenvalue weighted by Gasteiger charge is 2.22. The number of hydrogen-bond donors (Lipinski definition) is 0. The zero-order valence-corrected chi connectivity index (χ0v) is 11.4. The molecule has 0 N–H and O–H groups in total. The second-order valence-corrected chi connectivity index (χ2v) is 5.00. The Morgan fingerprint density at radius 2 is 2.06 bits per heavy atom. The Bertz CT molecular complexity index is 417. The molecule has 0 bridgehead atoms. The summed E-state index contributed by atoms with van der Waals surface area (Å²) in [7, 11) is 1.90. The molecule has 0 unspecified atom stereocenters. The van der Waals surface area contributed by atoms with E-state index < -0.39 is 0 Å². The van der Waals surface area contributed by atoms with Gasteiger partial charge in [0.05, 0.1) is 0 Å². The van der Waals surface area contributed by atoms with Crippen molar-refractivity contribution in [3.05, 3.63) is 35.4 Å². The van der Waals surface area contributed by atoms with E-state index in [-0.39, 0.29) is 6.03 Å². The molecule has 0 saturated carbocycles. The van der Waals surface area contributed by atoms with Gasteiger partial charge >= 0.3 is 6.03 Å². The minimum absolute atomic E-state index is 0.165. The molecule has 98 valence electrons. The summed E-state index contributed by atoms with van der Waals surface area (Å²) in [6.45, 7) is 4.60. The summed E-state index contributed by atoms with van der Waals surface area (Å²) in [5.74, 6) is 0. The fourth-order valence-electron chi connectivity index (χ4n) is 2.39. The number of rotatable bonds is 3. The lowest BCUT2D eigenvalue weighted by Crippen LogP contribution is -2.43. The summed E-state index contributed by atoms with van der Waals surface area (Å²) in [5, 5.41) is 0. The third-order valence-corrected chi connectivity index (χ3v) is 3.57.